The number of nitriles is 1. The van der Waals surface area contributed by atoms with Crippen LogP contribution < -0.4 is 0 Å². The molecule has 0 radical (unpaired) electrons. The Bertz CT molecular complexity index is 949. The summed E-state index contributed by atoms with van der Waals surface area (Å²) >= 11 is 0. The zero-order valence-corrected chi connectivity index (χ0v) is 13.6. The predicted octanol–water partition coefficient (Wildman–Crippen LogP) is 4.51. The largest absolute Gasteiger partial charge is 0.310 e. The highest BCUT2D eigenvalue weighted by Gasteiger charge is 2.16. The maximum atomic E-state index is 8.83. The topological polar surface area (TPSA) is 28.2 Å². The van der Waals surface area contributed by atoms with Crippen molar-refractivity contribution in [2.24, 2.45) is 0 Å². The number of aromatic nitrogens is 1. The van der Waals surface area contributed by atoms with Gasteiger partial charge in [-0.3, -0.25) is 0 Å². The molecule has 0 atom stereocenters. The van der Waals surface area contributed by atoms with E-state index in [1.807, 2.05) is 24.3 Å². The van der Waals surface area contributed by atoms with E-state index >= 15 is 0 Å². The quantitative estimate of drug-likeness (QED) is 0.561. The van der Waals surface area contributed by atoms with E-state index in [-0.39, 0.29) is 5.41 Å². The molecule has 0 fully saturated rings. The molecule has 2 heteroatoms. The molecule has 112 valence electrons. The molecule has 0 amide bonds. The van der Waals surface area contributed by atoms with E-state index in [4.69, 9.17) is 5.26 Å². The highest BCUT2D eigenvalue weighted by Crippen LogP contribution is 2.25. The molecule has 0 unspecified atom stereocenters. The van der Waals surface area contributed by atoms with Crippen LogP contribution in [0.25, 0.3) is 5.52 Å². The lowest BCUT2D eigenvalue weighted by atomic mass is 9.89. The van der Waals surface area contributed by atoms with Gasteiger partial charge in [-0.15, -0.1) is 0 Å². The van der Waals surface area contributed by atoms with Crippen molar-refractivity contribution in [2.45, 2.75) is 26.2 Å². The molecule has 0 aliphatic carbocycles. The summed E-state index contributed by atoms with van der Waals surface area (Å²) in [5, 5.41) is 8.83. The van der Waals surface area contributed by atoms with Gasteiger partial charge in [0.05, 0.1) is 17.3 Å². The third-order valence-electron chi connectivity index (χ3n) is 3.85. The Balaban J connectivity index is 2.02. The summed E-state index contributed by atoms with van der Waals surface area (Å²) < 4.78 is 2.14. The lowest BCUT2D eigenvalue weighted by molar-refractivity contribution is 0.590. The molecule has 1 aromatic carbocycles. The summed E-state index contributed by atoms with van der Waals surface area (Å²) in [6.07, 6.45) is 2.16. The van der Waals surface area contributed by atoms with Crippen molar-refractivity contribution in [1.82, 2.24) is 4.40 Å². The molecule has 2 heterocycles. The van der Waals surface area contributed by atoms with Gasteiger partial charge in [-0.1, -0.05) is 32.8 Å². The fourth-order valence-corrected chi connectivity index (χ4v) is 2.41. The molecule has 0 bridgehead atoms. The molecule has 2 aromatic heterocycles. The standard InChI is InChI=1S/C21H18N2/c1-21(2,3)18-13-20-6-4-5-19(23(20)15-18)12-11-16-7-9-17(14-22)10-8-16/h4-10,13,15H,1-3H3. The first-order chi connectivity index (χ1) is 11.0. The number of fused-ring (bicyclic) bond motifs is 1. The molecular weight excluding hydrogens is 280 g/mol. The van der Waals surface area contributed by atoms with Gasteiger partial charge in [-0.2, -0.15) is 5.26 Å². The highest BCUT2D eigenvalue weighted by atomic mass is 14.9. The Kier molecular flexibility index (Phi) is 3.68. The Morgan fingerprint density at radius 1 is 0.913 bits per heavy atom. The first kappa shape index (κ1) is 14.9. The second-order valence-corrected chi connectivity index (χ2v) is 6.62. The van der Waals surface area contributed by atoms with Gasteiger partial charge < -0.3 is 4.40 Å². The van der Waals surface area contributed by atoms with Gasteiger partial charge in [0.1, 0.15) is 0 Å². The Hall–Kier alpha value is -2.97. The van der Waals surface area contributed by atoms with Crippen molar-refractivity contribution in [2.75, 3.05) is 0 Å². The summed E-state index contributed by atoms with van der Waals surface area (Å²) in [4.78, 5) is 0. The fourth-order valence-electron chi connectivity index (χ4n) is 2.41. The molecule has 23 heavy (non-hydrogen) atoms. The average Bonchev–Trinajstić information content (AvgIpc) is 2.98. The lowest BCUT2D eigenvalue weighted by Gasteiger charge is -2.15. The van der Waals surface area contributed by atoms with Crippen LogP contribution in [0.3, 0.4) is 0 Å². The van der Waals surface area contributed by atoms with Crippen molar-refractivity contribution in [1.29, 1.82) is 5.26 Å². The first-order valence-electron chi connectivity index (χ1n) is 7.61. The number of rotatable bonds is 0. The van der Waals surface area contributed by atoms with Gasteiger partial charge in [0.15, 0.2) is 0 Å². The highest BCUT2D eigenvalue weighted by molar-refractivity contribution is 5.56. The van der Waals surface area contributed by atoms with Gasteiger partial charge in [0.25, 0.3) is 0 Å². The number of hydrogen-bond donors (Lipinski definition) is 0. The van der Waals surface area contributed by atoms with Gasteiger partial charge in [-0.25, -0.2) is 0 Å². The van der Waals surface area contributed by atoms with Crippen molar-refractivity contribution in [3.05, 3.63) is 77.1 Å². The van der Waals surface area contributed by atoms with Gasteiger partial charge >= 0.3 is 0 Å². The number of nitrogens with zero attached hydrogens (tertiary/aromatic N) is 2. The predicted molar refractivity (Wildman–Crippen MR) is 93.2 cm³/mol. The third-order valence-corrected chi connectivity index (χ3v) is 3.85. The second-order valence-electron chi connectivity index (χ2n) is 6.62. The molecule has 0 N–H and O–H groups in total. The monoisotopic (exact) mass is 298 g/mol. The zero-order valence-electron chi connectivity index (χ0n) is 13.6. The van der Waals surface area contributed by atoms with Crippen LogP contribution in [0.15, 0.2) is 54.7 Å². The van der Waals surface area contributed by atoms with E-state index in [1.54, 1.807) is 12.1 Å². The molecular formula is C21H18N2. The number of hydrogen-bond acceptors (Lipinski definition) is 1. The van der Waals surface area contributed by atoms with Crippen LogP contribution in [0.2, 0.25) is 0 Å². The molecule has 3 rings (SSSR count). The Labute approximate surface area is 137 Å². The summed E-state index contributed by atoms with van der Waals surface area (Å²) in [5.74, 6) is 6.41. The van der Waals surface area contributed by atoms with E-state index in [2.05, 4.69) is 61.4 Å². The average molecular weight is 298 g/mol. The molecule has 2 nitrogen and oxygen atoms in total. The Morgan fingerprint density at radius 2 is 1.61 bits per heavy atom. The molecule has 0 spiro atoms. The summed E-state index contributed by atoms with van der Waals surface area (Å²) in [5.41, 5.74) is 5.08. The molecule has 0 saturated heterocycles. The van der Waals surface area contributed by atoms with Crippen LogP contribution in [0.1, 0.15) is 43.2 Å². The van der Waals surface area contributed by atoms with Crippen LogP contribution in [-0.4, -0.2) is 4.40 Å². The Morgan fingerprint density at radius 3 is 2.26 bits per heavy atom. The fraction of sp³-hybridized carbons (Fsp3) is 0.190. The summed E-state index contributed by atoms with van der Waals surface area (Å²) in [6, 6.07) is 17.8. The van der Waals surface area contributed by atoms with Crippen LogP contribution in [0.5, 0.6) is 0 Å². The smallest absolute Gasteiger partial charge is 0.0991 e. The SMILES string of the molecule is CC(C)(C)c1cc2cccc(C#Cc3ccc(C#N)cc3)n2c1. The van der Waals surface area contributed by atoms with Crippen molar-refractivity contribution < 1.29 is 0 Å². The maximum Gasteiger partial charge on any atom is 0.0991 e. The molecule has 0 aliphatic rings. The zero-order chi connectivity index (χ0) is 16.4. The lowest BCUT2D eigenvalue weighted by Crippen LogP contribution is -2.09. The van der Waals surface area contributed by atoms with Crippen molar-refractivity contribution in [3.8, 4) is 17.9 Å². The van der Waals surface area contributed by atoms with E-state index in [9.17, 15) is 0 Å². The first-order valence-corrected chi connectivity index (χ1v) is 7.61. The second kappa shape index (κ2) is 5.67. The normalized spacial score (nSPS) is 10.9. The van der Waals surface area contributed by atoms with Crippen LogP contribution in [-0.2, 0) is 5.41 Å². The molecule has 0 aliphatic heterocycles. The minimum Gasteiger partial charge on any atom is -0.310 e. The minimum atomic E-state index is 0.115. The van der Waals surface area contributed by atoms with Gasteiger partial charge in [0.2, 0.25) is 0 Å². The van der Waals surface area contributed by atoms with Gasteiger partial charge in [-0.05, 0) is 59.4 Å². The van der Waals surface area contributed by atoms with Crippen LogP contribution in [0.4, 0.5) is 0 Å². The van der Waals surface area contributed by atoms with E-state index < -0.39 is 0 Å². The summed E-state index contributed by atoms with van der Waals surface area (Å²) in [7, 11) is 0. The van der Waals surface area contributed by atoms with E-state index in [0.717, 1.165) is 16.8 Å². The van der Waals surface area contributed by atoms with Crippen molar-refractivity contribution >= 4 is 5.52 Å². The molecule has 3 aromatic rings. The van der Waals surface area contributed by atoms with E-state index in [0.29, 0.717) is 5.56 Å². The summed E-state index contributed by atoms with van der Waals surface area (Å²) in [6.45, 7) is 6.64. The molecule has 0 saturated carbocycles. The van der Waals surface area contributed by atoms with Crippen molar-refractivity contribution in [3.63, 3.8) is 0 Å². The number of benzene rings is 1. The third kappa shape index (κ3) is 3.12. The van der Waals surface area contributed by atoms with E-state index in [1.165, 1.54) is 5.56 Å². The minimum absolute atomic E-state index is 0.115. The number of pyridine rings is 1. The van der Waals surface area contributed by atoms with Crippen LogP contribution in [0, 0.1) is 23.2 Å². The van der Waals surface area contributed by atoms with Crippen LogP contribution >= 0.6 is 0 Å². The maximum absolute atomic E-state index is 8.83. The van der Waals surface area contributed by atoms with Gasteiger partial charge in [0, 0.05) is 17.3 Å².